The fourth-order valence-electron chi connectivity index (χ4n) is 0.461. The van der Waals surface area contributed by atoms with Crippen molar-refractivity contribution >= 4 is 0 Å². The maximum atomic E-state index is 11.9. The highest BCUT2D eigenvalue weighted by Gasteiger charge is 2.23. The van der Waals surface area contributed by atoms with Crippen molar-refractivity contribution in [2.45, 2.75) is 19.4 Å². The minimum atomic E-state index is -1.20. The average Bonchev–Trinajstić information content (AvgIpc) is 1.89. The molecule has 0 atom stereocenters. The molecule has 0 unspecified atom stereocenters. The lowest BCUT2D eigenvalue weighted by atomic mass is 10.1. The predicted molar refractivity (Wildman–Crippen MR) is 32.0 cm³/mol. The van der Waals surface area contributed by atoms with Crippen LogP contribution in [0.25, 0.3) is 0 Å². The summed E-state index contributed by atoms with van der Waals surface area (Å²) in [5, 5.41) is 0. The summed E-state index contributed by atoms with van der Waals surface area (Å²) < 4.78 is 28.5. The molecule has 0 aromatic rings. The third kappa shape index (κ3) is 2.75. The van der Waals surface area contributed by atoms with Gasteiger partial charge in [-0.2, -0.15) is 0 Å². The number of hydrogen-bond donors (Lipinski definition) is 0. The minimum absolute atomic E-state index is 0.352. The van der Waals surface area contributed by atoms with E-state index in [0.29, 0.717) is 6.61 Å². The van der Waals surface area contributed by atoms with Crippen molar-refractivity contribution in [1.29, 1.82) is 0 Å². The standard InChI is InChI=1S/C6H12F2O/c1-3-9-6(2,4-7)5-8/h3-5H2,1-2H3. The smallest absolute Gasteiger partial charge is 0.122 e. The molecule has 0 fully saturated rings. The monoisotopic (exact) mass is 138 g/mol. The molecule has 56 valence electrons. The second-order valence-electron chi connectivity index (χ2n) is 2.15. The van der Waals surface area contributed by atoms with Gasteiger partial charge >= 0.3 is 0 Å². The molecule has 0 heterocycles. The Balaban J connectivity index is 3.62. The molecule has 0 aliphatic heterocycles. The van der Waals surface area contributed by atoms with Gasteiger partial charge in [-0.15, -0.1) is 0 Å². The zero-order valence-corrected chi connectivity index (χ0v) is 5.79. The first-order valence-corrected chi connectivity index (χ1v) is 2.94. The Labute approximate surface area is 54.0 Å². The summed E-state index contributed by atoms with van der Waals surface area (Å²) in [6.45, 7) is 1.94. The molecule has 0 bridgehead atoms. The van der Waals surface area contributed by atoms with Gasteiger partial charge in [-0.25, -0.2) is 8.78 Å². The van der Waals surface area contributed by atoms with Crippen LogP contribution in [0.5, 0.6) is 0 Å². The lowest BCUT2D eigenvalue weighted by Crippen LogP contribution is -2.33. The number of halogens is 2. The maximum Gasteiger partial charge on any atom is 0.122 e. The fourth-order valence-corrected chi connectivity index (χ4v) is 0.461. The highest BCUT2D eigenvalue weighted by Crippen LogP contribution is 2.10. The van der Waals surface area contributed by atoms with Crippen LogP contribution in [0.2, 0.25) is 0 Å². The van der Waals surface area contributed by atoms with Crippen LogP contribution in [0.3, 0.4) is 0 Å². The lowest BCUT2D eigenvalue weighted by molar-refractivity contribution is -0.0560. The van der Waals surface area contributed by atoms with Gasteiger partial charge in [0.25, 0.3) is 0 Å². The van der Waals surface area contributed by atoms with Gasteiger partial charge in [0.1, 0.15) is 19.0 Å². The predicted octanol–water partition coefficient (Wildman–Crippen LogP) is 1.72. The van der Waals surface area contributed by atoms with Gasteiger partial charge in [-0.05, 0) is 13.8 Å². The molecule has 0 aromatic carbocycles. The van der Waals surface area contributed by atoms with Crippen molar-refractivity contribution in [2.75, 3.05) is 20.0 Å². The van der Waals surface area contributed by atoms with Crippen molar-refractivity contribution in [3.05, 3.63) is 0 Å². The van der Waals surface area contributed by atoms with Gasteiger partial charge in [-0.3, -0.25) is 0 Å². The molecule has 0 N–H and O–H groups in total. The first-order valence-electron chi connectivity index (χ1n) is 2.94. The molecule has 0 rings (SSSR count). The van der Waals surface area contributed by atoms with E-state index in [1.165, 1.54) is 6.92 Å². The SMILES string of the molecule is CCOC(C)(CF)CF. The summed E-state index contributed by atoms with van der Waals surface area (Å²) in [4.78, 5) is 0. The van der Waals surface area contributed by atoms with Crippen LogP contribution in [0.4, 0.5) is 8.78 Å². The number of rotatable bonds is 4. The van der Waals surface area contributed by atoms with Crippen LogP contribution in [0.15, 0.2) is 0 Å². The van der Waals surface area contributed by atoms with E-state index in [2.05, 4.69) is 0 Å². The summed E-state index contributed by atoms with van der Waals surface area (Å²) in [7, 11) is 0. The zero-order valence-electron chi connectivity index (χ0n) is 5.79. The van der Waals surface area contributed by atoms with E-state index in [0.717, 1.165) is 0 Å². The summed E-state index contributed by atoms with van der Waals surface area (Å²) in [6, 6.07) is 0. The van der Waals surface area contributed by atoms with Crippen LogP contribution < -0.4 is 0 Å². The third-order valence-corrected chi connectivity index (χ3v) is 1.06. The second-order valence-corrected chi connectivity index (χ2v) is 2.15. The van der Waals surface area contributed by atoms with E-state index < -0.39 is 19.0 Å². The average molecular weight is 138 g/mol. The summed E-state index contributed by atoms with van der Waals surface area (Å²) in [5.41, 5.74) is -1.20. The van der Waals surface area contributed by atoms with Crippen LogP contribution in [0.1, 0.15) is 13.8 Å². The first kappa shape index (κ1) is 8.82. The van der Waals surface area contributed by atoms with Gasteiger partial charge in [0.15, 0.2) is 0 Å². The number of hydrogen-bond acceptors (Lipinski definition) is 1. The van der Waals surface area contributed by atoms with E-state index in [1.54, 1.807) is 6.92 Å². The molecule has 1 nitrogen and oxygen atoms in total. The van der Waals surface area contributed by atoms with Gasteiger partial charge in [-0.1, -0.05) is 0 Å². The van der Waals surface area contributed by atoms with Crippen LogP contribution >= 0.6 is 0 Å². The number of alkyl halides is 2. The third-order valence-electron chi connectivity index (χ3n) is 1.06. The van der Waals surface area contributed by atoms with E-state index in [4.69, 9.17) is 4.74 Å². The lowest BCUT2D eigenvalue weighted by Gasteiger charge is -2.21. The second kappa shape index (κ2) is 3.77. The maximum absolute atomic E-state index is 11.9. The minimum Gasteiger partial charge on any atom is -0.370 e. The molecule has 0 radical (unpaired) electrons. The summed E-state index contributed by atoms with van der Waals surface area (Å²) in [6.07, 6.45) is 0. The zero-order chi connectivity index (χ0) is 7.33. The molecule has 0 aromatic heterocycles. The Morgan fingerprint density at radius 3 is 1.89 bits per heavy atom. The first-order chi connectivity index (χ1) is 4.18. The normalized spacial score (nSPS) is 12.0. The number of ether oxygens (including phenoxy) is 1. The molecule has 0 saturated heterocycles. The van der Waals surface area contributed by atoms with Crippen LogP contribution in [-0.4, -0.2) is 25.6 Å². The molecule has 3 heteroatoms. The van der Waals surface area contributed by atoms with Crippen molar-refractivity contribution in [1.82, 2.24) is 0 Å². The molecular weight excluding hydrogens is 126 g/mol. The summed E-state index contributed by atoms with van der Waals surface area (Å²) in [5.74, 6) is 0. The summed E-state index contributed by atoms with van der Waals surface area (Å²) >= 11 is 0. The highest BCUT2D eigenvalue weighted by molar-refractivity contribution is 4.71. The van der Waals surface area contributed by atoms with Crippen molar-refractivity contribution < 1.29 is 13.5 Å². The molecule has 0 aliphatic rings. The highest BCUT2D eigenvalue weighted by atomic mass is 19.1. The Bertz CT molecular complexity index is 71.5. The fraction of sp³-hybridized carbons (Fsp3) is 1.00. The molecule has 0 saturated carbocycles. The van der Waals surface area contributed by atoms with Crippen molar-refractivity contribution in [3.63, 3.8) is 0 Å². The van der Waals surface area contributed by atoms with Crippen LogP contribution in [-0.2, 0) is 4.74 Å². The van der Waals surface area contributed by atoms with E-state index in [-0.39, 0.29) is 0 Å². The van der Waals surface area contributed by atoms with E-state index in [9.17, 15) is 8.78 Å². The topological polar surface area (TPSA) is 9.23 Å². The Morgan fingerprint density at radius 1 is 1.33 bits per heavy atom. The van der Waals surface area contributed by atoms with E-state index in [1.807, 2.05) is 0 Å². The van der Waals surface area contributed by atoms with Gasteiger partial charge in [0.2, 0.25) is 0 Å². The molecule has 0 spiro atoms. The molecular formula is C6H12F2O. The van der Waals surface area contributed by atoms with Crippen LogP contribution in [0, 0.1) is 0 Å². The Hall–Kier alpha value is -0.180. The Kier molecular flexibility index (Phi) is 3.70. The van der Waals surface area contributed by atoms with Crippen molar-refractivity contribution in [2.24, 2.45) is 0 Å². The molecule has 0 amide bonds. The molecule has 9 heavy (non-hydrogen) atoms. The van der Waals surface area contributed by atoms with Gasteiger partial charge < -0.3 is 4.74 Å². The van der Waals surface area contributed by atoms with Gasteiger partial charge in [0.05, 0.1) is 0 Å². The Morgan fingerprint density at radius 2 is 1.78 bits per heavy atom. The van der Waals surface area contributed by atoms with E-state index >= 15 is 0 Å². The van der Waals surface area contributed by atoms with Crippen molar-refractivity contribution in [3.8, 4) is 0 Å². The largest absolute Gasteiger partial charge is 0.370 e. The van der Waals surface area contributed by atoms with Gasteiger partial charge in [0, 0.05) is 6.61 Å². The molecule has 0 aliphatic carbocycles. The quantitative estimate of drug-likeness (QED) is 0.574.